The van der Waals surface area contributed by atoms with Gasteiger partial charge in [0, 0.05) is 5.56 Å². The Morgan fingerprint density at radius 1 is 0.650 bits per heavy atom. The molecular formula is C32H35F7O. The molecule has 0 aromatic heterocycles. The summed E-state index contributed by atoms with van der Waals surface area (Å²) in [6.45, 7) is 2.22. The number of alkyl halides is 3. The molecule has 5 rings (SSSR count). The summed E-state index contributed by atoms with van der Waals surface area (Å²) in [7, 11) is 0. The highest BCUT2D eigenvalue weighted by Crippen LogP contribution is 2.45. The number of hydrogen-bond acceptors (Lipinski definition) is 1. The van der Waals surface area contributed by atoms with Gasteiger partial charge in [-0.2, -0.15) is 0 Å². The Labute approximate surface area is 230 Å². The van der Waals surface area contributed by atoms with Gasteiger partial charge < -0.3 is 4.74 Å². The van der Waals surface area contributed by atoms with Crippen LogP contribution >= 0.6 is 0 Å². The minimum absolute atomic E-state index is 0.0945. The average Bonchev–Trinajstić information content (AvgIpc) is 2.90. The van der Waals surface area contributed by atoms with E-state index >= 15 is 8.78 Å². The molecule has 3 aliphatic carbocycles. The minimum Gasteiger partial charge on any atom is -0.399 e. The van der Waals surface area contributed by atoms with E-state index in [4.69, 9.17) is 0 Å². The predicted molar refractivity (Wildman–Crippen MR) is 140 cm³/mol. The summed E-state index contributed by atoms with van der Waals surface area (Å²) in [6, 6.07) is 4.93. The topological polar surface area (TPSA) is 9.23 Å². The summed E-state index contributed by atoms with van der Waals surface area (Å²) in [4.78, 5) is 0. The Morgan fingerprint density at radius 2 is 1.15 bits per heavy atom. The highest BCUT2D eigenvalue weighted by molar-refractivity contribution is 5.67. The molecule has 0 saturated heterocycles. The molecule has 0 heterocycles. The van der Waals surface area contributed by atoms with Crippen molar-refractivity contribution in [3.63, 3.8) is 0 Å². The molecule has 218 valence electrons. The number of hydrogen-bond donors (Lipinski definition) is 0. The summed E-state index contributed by atoms with van der Waals surface area (Å²) in [5.41, 5.74) is 1.91. The van der Waals surface area contributed by atoms with Crippen molar-refractivity contribution in [3.05, 3.63) is 70.3 Å². The van der Waals surface area contributed by atoms with E-state index in [0.717, 1.165) is 74.6 Å². The molecule has 0 spiro atoms. The normalized spacial score (nSPS) is 27.8. The summed E-state index contributed by atoms with van der Waals surface area (Å²) in [5.74, 6) is -3.65. The summed E-state index contributed by atoms with van der Waals surface area (Å²) in [5, 5.41) is 0. The van der Waals surface area contributed by atoms with E-state index in [0.29, 0.717) is 42.6 Å². The van der Waals surface area contributed by atoms with Crippen molar-refractivity contribution < 1.29 is 35.5 Å². The highest BCUT2D eigenvalue weighted by atomic mass is 19.4. The predicted octanol–water partition coefficient (Wildman–Crippen LogP) is 10.6. The number of rotatable bonds is 5. The van der Waals surface area contributed by atoms with E-state index in [9.17, 15) is 22.0 Å². The molecule has 1 unspecified atom stereocenters. The molecule has 0 N–H and O–H groups in total. The van der Waals surface area contributed by atoms with E-state index in [2.05, 4.69) is 11.7 Å². The van der Waals surface area contributed by atoms with Crippen molar-refractivity contribution in [1.82, 2.24) is 0 Å². The molecular weight excluding hydrogens is 533 g/mol. The van der Waals surface area contributed by atoms with Gasteiger partial charge in [0.1, 0.15) is 11.6 Å². The lowest BCUT2D eigenvalue weighted by Gasteiger charge is -2.36. The molecule has 2 saturated carbocycles. The third-order valence-electron chi connectivity index (χ3n) is 9.47. The lowest BCUT2D eigenvalue weighted by atomic mass is 9.70. The SMILES string of the molecule is CC1CCC(c2cc(F)c(C3=CCC(C4CCC(c5cc(F)c(OC(F)(F)F)c(F)c5)CC4)CC3)c(F)c2)CC1. The standard InChI is InChI=1S/C32H35F7O/c1-18-2-4-21(5-3-18)24-14-26(33)30(27(34)15-24)23-12-10-20(11-13-23)19-6-8-22(9-7-19)25-16-28(35)31(29(36)17-25)40-32(37,38)39/h12,14-22H,2-11,13H2,1H3. The highest BCUT2D eigenvalue weighted by Gasteiger charge is 2.35. The molecule has 0 amide bonds. The van der Waals surface area contributed by atoms with E-state index in [1.54, 1.807) is 0 Å². The molecule has 8 heteroatoms. The van der Waals surface area contributed by atoms with E-state index in [1.807, 2.05) is 6.08 Å². The molecule has 40 heavy (non-hydrogen) atoms. The molecule has 0 bridgehead atoms. The van der Waals surface area contributed by atoms with Gasteiger partial charge in [0.05, 0.1) is 0 Å². The number of ether oxygens (including phenoxy) is 1. The Morgan fingerprint density at radius 3 is 1.62 bits per heavy atom. The number of allylic oxidation sites excluding steroid dienone is 2. The van der Waals surface area contributed by atoms with Crippen LogP contribution in [0.3, 0.4) is 0 Å². The molecule has 1 nitrogen and oxygen atoms in total. The monoisotopic (exact) mass is 568 g/mol. The molecule has 0 aliphatic heterocycles. The largest absolute Gasteiger partial charge is 0.573 e. The lowest BCUT2D eigenvalue weighted by molar-refractivity contribution is -0.276. The Hall–Kier alpha value is -2.51. The van der Waals surface area contributed by atoms with Gasteiger partial charge in [0.2, 0.25) is 5.75 Å². The fourth-order valence-corrected chi connectivity index (χ4v) is 7.19. The summed E-state index contributed by atoms with van der Waals surface area (Å²) >= 11 is 0. The Balaban J connectivity index is 1.19. The van der Waals surface area contributed by atoms with Gasteiger partial charge in [-0.15, -0.1) is 13.2 Å². The maximum atomic E-state index is 15.1. The van der Waals surface area contributed by atoms with Gasteiger partial charge in [-0.25, -0.2) is 17.6 Å². The van der Waals surface area contributed by atoms with Gasteiger partial charge in [-0.3, -0.25) is 0 Å². The fourth-order valence-electron chi connectivity index (χ4n) is 7.19. The molecule has 1 atom stereocenters. The van der Waals surface area contributed by atoms with Crippen LogP contribution in [-0.4, -0.2) is 6.36 Å². The van der Waals surface area contributed by atoms with Crippen molar-refractivity contribution in [2.45, 2.75) is 95.8 Å². The van der Waals surface area contributed by atoms with Crippen molar-refractivity contribution >= 4 is 5.57 Å². The molecule has 2 aromatic rings. The van der Waals surface area contributed by atoms with Crippen LogP contribution in [0.1, 0.15) is 106 Å². The zero-order valence-electron chi connectivity index (χ0n) is 22.6. The van der Waals surface area contributed by atoms with Gasteiger partial charge >= 0.3 is 6.36 Å². The van der Waals surface area contributed by atoms with Crippen molar-refractivity contribution in [1.29, 1.82) is 0 Å². The average molecular weight is 569 g/mol. The number of benzene rings is 2. The summed E-state index contributed by atoms with van der Waals surface area (Å²) in [6.07, 6.45) is 5.99. The van der Waals surface area contributed by atoms with Crippen LogP contribution in [-0.2, 0) is 0 Å². The van der Waals surface area contributed by atoms with Gasteiger partial charge in [0.15, 0.2) is 11.6 Å². The first-order chi connectivity index (χ1) is 19.0. The fraction of sp³-hybridized carbons (Fsp3) is 0.562. The van der Waals surface area contributed by atoms with Crippen LogP contribution in [0.5, 0.6) is 5.75 Å². The Kier molecular flexibility index (Phi) is 8.53. The zero-order chi connectivity index (χ0) is 28.6. The third kappa shape index (κ3) is 6.52. The second-order valence-electron chi connectivity index (χ2n) is 12.1. The first-order valence-electron chi connectivity index (χ1n) is 14.4. The maximum Gasteiger partial charge on any atom is 0.573 e. The van der Waals surface area contributed by atoms with Crippen LogP contribution in [0, 0.1) is 41.0 Å². The first kappa shape index (κ1) is 29.0. The molecule has 2 aromatic carbocycles. The van der Waals surface area contributed by atoms with Gasteiger partial charge in [0.25, 0.3) is 0 Å². The van der Waals surface area contributed by atoms with E-state index in [-0.39, 0.29) is 17.4 Å². The molecule has 2 fully saturated rings. The quantitative estimate of drug-likeness (QED) is 0.326. The second kappa shape index (κ2) is 11.8. The van der Waals surface area contributed by atoms with Crippen molar-refractivity contribution in [2.75, 3.05) is 0 Å². The smallest absolute Gasteiger partial charge is 0.399 e. The van der Waals surface area contributed by atoms with E-state index < -0.39 is 35.4 Å². The van der Waals surface area contributed by atoms with E-state index in [1.165, 1.54) is 12.1 Å². The van der Waals surface area contributed by atoms with Gasteiger partial charge in [-0.1, -0.05) is 25.8 Å². The van der Waals surface area contributed by atoms with Crippen LogP contribution in [0.4, 0.5) is 30.7 Å². The first-order valence-corrected chi connectivity index (χ1v) is 14.4. The van der Waals surface area contributed by atoms with Crippen LogP contribution in [0.15, 0.2) is 30.3 Å². The Bertz CT molecular complexity index is 1190. The minimum atomic E-state index is -5.18. The van der Waals surface area contributed by atoms with Crippen LogP contribution in [0.2, 0.25) is 0 Å². The third-order valence-corrected chi connectivity index (χ3v) is 9.47. The second-order valence-corrected chi connectivity index (χ2v) is 12.1. The summed E-state index contributed by atoms with van der Waals surface area (Å²) < 4.78 is 99.5. The number of halogens is 7. The maximum absolute atomic E-state index is 15.1. The van der Waals surface area contributed by atoms with Crippen LogP contribution < -0.4 is 4.74 Å². The zero-order valence-corrected chi connectivity index (χ0v) is 22.6. The van der Waals surface area contributed by atoms with Gasteiger partial charge in [-0.05, 0) is 128 Å². The molecule has 3 aliphatic rings. The van der Waals surface area contributed by atoms with Crippen molar-refractivity contribution in [3.8, 4) is 5.75 Å². The van der Waals surface area contributed by atoms with Crippen LogP contribution in [0.25, 0.3) is 5.57 Å². The lowest BCUT2D eigenvalue weighted by Crippen LogP contribution is -2.23. The van der Waals surface area contributed by atoms with Crippen molar-refractivity contribution in [2.24, 2.45) is 17.8 Å². The molecule has 0 radical (unpaired) electrons.